The van der Waals surface area contributed by atoms with Crippen molar-refractivity contribution >= 4 is 34.4 Å². The minimum Gasteiger partial charge on any atom is -0.271 e. The van der Waals surface area contributed by atoms with E-state index in [0.29, 0.717) is 44.9 Å². The molecule has 6 heteroatoms. The van der Waals surface area contributed by atoms with Crippen molar-refractivity contribution in [1.29, 1.82) is 0 Å². The Hall–Kier alpha value is -3.02. The Bertz CT molecular complexity index is 1160. The Morgan fingerprint density at radius 1 is 0.528 bits per heavy atom. The van der Waals surface area contributed by atoms with Gasteiger partial charge in [-0.05, 0) is 60.8 Å². The Labute approximate surface area is 212 Å². The molecule has 0 unspecified atom stereocenters. The van der Waals surface area contributed by atoms with Gasteiger partial charge in [-0.1, -0.05) is 53.4 Å². The molecule has 2 saturated carbocycles. The van der Waals surface area contributed by atoms with Crippen molar-refractivity contribution in [2.75, 3.05) is 0 Å². The van der Waals surface area contributed by atoms with Crippen LogP contribution in [0.3, 0.4) is 0 Å². The Kier molecular flexibility index (Phi) is 5.36. The quantitative estimate of drug-likeness (QED) is 0.512. The summed E-state index contributed by atoms with van der Waals surface area (Å²) in [6.07, 6.45) is 5.80. The van der Waals surface area contributed by atoms with Gasteiger partial charge >= 0.3 is 0 Å². The van der Waals surface area contributed by atoms with Crippen LogP contribution in [0, 0.1) is 23.7 Å². The van der Waals surface area contributed by atoms with Gasteiger partial charge in [0.15, 0.2) is 0 Å². The number of carbonyl (C=O) groups is 4. The van der Waals surface area contributed by atoms with Crippen LogP contribution < -0.4 is 0 Å². The Balaban J connectivity index is 1.47. The van der Waals surface area contributed by atoms with E-state index in [9.17, 15) is 19.2 Å². The van der Waals surface area contributed by atoms with E-state index in [1.165, 1.54) is 9.80 Å². The summed E-state index contributed by atoms with van der Waals surface area (Å²) in [7, 11) is 0. The summed E-state index contributed by atoms with van der Waals surface area (Å²) < 4.78 is 0. The first-order valence-corrected chi connectivity index (χ1v) is 13.6. The molecule has 2 aliphatic carbocycles. The Morgan fingerprint density at radius 2 is 0.833 bits per heavy atom. The van der Waals surface area contributed by atoms with E-state index in [1.54, 1.807) is 24.3 Å². The fourth-order valence-corrected chi connectivity index (χ4v) is 7.35. The maximum atomic E-state index is 13.8. The average molecular weight is 487 g/mol. The molecule has 2 aromatic carbocycles. The summed E-state index contributed by atoms with van der Waals surface area (Å²) >= 11 is 0. The number of benzene rings is 2. The lowest BCUT2D eigenvalue weighted by atomic mass is 9.75. The maximum Gasteiger partial charge on any atom is 0.261 e. The molecule has 6 nitrogen and oxygen atoms in total. The predicted octanol–water partition coefficient (Wildman–Crippen LogP) is 5.68. The summed E-state index contributed by atoms with van der Waals surface area (Å²) in [4.78, 5) is 58.0. The second kappa shape index (κ2) is 8.25. The van der Waals surface area contributed by atoms with Crippen molar-refractivity contribution < 1.29 is 19.2 Å². The molecule has 4 amide bonds. The molecular formula is C30H34N2O4. The van der Waals surface area contributed by atoms with E-state index in [0.717, 1.165) is 38.5 Å². The van der Waals surface area contributed by atoms with E-state index in [2.05, 4.69) is 27.7 Å². The number of amides is 4. The van der Waals surface area contributed by atoms with Crippen LogP contribution in [0.2, 0.25) is 0 Å². The summed E-state index contributed by atoms with van der Waals surface area (Å²) in [5.41, 5.74) is 1.68. The molecular weight excluding hydrogens is 452 g/mol. The second-order valence-corrected chi connectivity index (χ2v) is 11.7. The summed E-state index contributed by atoms with van der Waals surface area (Å²) in [6, 6.07) is 6.51. The SMILES string of the molecule is C[C@@H]1[C@H](N2C(=O)c3ccc4c5c(ccc(c35)C2=O)C(=O)N([C@@H]2CCC[C@H](C)[C@H]2C)C4=O)CCC[C@@H]1C. The van der Waals surface area contributed by atoms with Crippen LogP contribution in [0.4, 0.5) is 0 Å². The first kappa shape index (κ1) is 23.4. The molecule has 4 aliphatic rings. The van der Waals surface area contributed by atoms with Crippen molar-refractivity contribution in [3.8, 4) is 0 Å². The van der Waals surface area contributed by atoms with Crippen LogP contribution in [0.15, 0.2) is 24.3 Å². The van der Waals surface area contributed by atoms with Crippen molar-refractivity contribution in [2.24, 2.45) is 23.7 Å². The monoisotopic (exact) mass is 486 g/mol. The van der Waals surface area contributed by atoms with Crippen LogP contribution in [0.25, 0.3) is 10.8 Å². The van der Waals surface area contributed by atoms with Crippen LogP contribution in [-0.2, 0) is 0 Å². The lowest BCUT2D eigenvalue weighted by Crippen LogP contribution is -2.53. The predicted molar refractivity (Wildman–Crippen MR) is 137 cm³/mol. The summed E-state index contributed by atoms with van der Waals surface area (Å²) in [6.45, 7) is 8.63. The molecule has 2 aliphatic heterocycles. The molecule has 0 N–H and O–H groups in total. The molecule has 0 bridgehead atoms. The molecule has 6 rings (SSSR count). The number of nitrogens with zero attached hydrogens (tertiary/aromatic N) is 2. The highest BCUT2D eigenvalue weighted by molar-refractivity contribution is 6.33. The number of rotatable bonds is 2. The first-order valence-electron chi connectivity index (χ1n) is 13.6. The van der Waals surface area contributed by atoms with Gasteiger partial charge in [-0.3, -0.25) is 29.0 Å². The van der Waals surface area contributed by atoms with Gasteiger partial charge in [0.25, 0.3) is 23.6 Å². The van der Waals surface area contributed by atoms with Gasteiger partial charge in [0, 0.05) is 45.1 Å². The molecule has 188 valence electrons. The molecule has 2 fully saturated rings. The van der Waals surface area contributed by atoms with Gasteiger partial charge in [0.2, 0.25) is 0 Å². The number of carbonyl (C=O) groups excluding carboxylic acids is 4. The lowest BCUT2D eigenvalue weighted by Gasteiger charge is -2.43. The third kappa shape index (κ3) is 3.09. The van der Waals surface area contributed by atoms with Crippen LogP contribution in [0.1, 0.15) is 108 Å². The molecule has 36 heavy (non-hydrogen) atoms. The third-order valence-electron chi connectivity index (χ3n) is 9.95. The molecule has 2 aromatic rings. The lowest BCUT2D eigenvalue weighted by molar-refractivity contribution is 0.0365. The highest BCUT2D eigenvalue weighted by atomic mass is 16.2. The van der Waals surface area contributed by atoms with Gasteiger partial charge in [-0.2, -0.15) is 0 Å². The normalized spacial score (nSPS) is 32.4. The van der Waals surface area contributed by atoms with Crippen molar-refractivity contribution in [3.05, 3.63) is 46.5 Å². The van der Waals surface area contributed by atoms with Crippen LogP contribution >= 0.6 is 0 Å². The molecule has 6 atom stereocenters. The van der Waals surface area contributed by atoms with Gasteiger partial charge in [0.05, 0.1) is 0 Å². The van der Waals surface area contributed by atoms with Crippen molar-refractivity contribution in [3.63, 3.8) is 0 Å². The Morgan fingerprint density at radius 3 is 1.14 bits per heavy atom. The molecule has 0 spiro atoms. The van der Waals surface area contributed by atoms with E-state index < -0.39 is 0 Å². The number of imide groups is 2. The molecule has 2 heterocycles. The fourth-order valence-electron chi connectivity index (χ4n) is 7.35. The van der Waals surface area contributed by atoms with E-state index >= 15 is 0 Å². The number of hydrogen-bond acceptors (Lipinski definition) is 4. The van der Waals surface area contributed by atoms with Crippen LogP contribution in [0.5, 0.6) is 0 Å². The van der Waals surface area contributed by atoms with Gasteiger partial charge < -0.3 is 0 Å². The minimum atomic E-state index is -0.306. The third-order valence-corrected chi connectivity index (χ3v) is 9.95. The van der Waals surface area contributed by atoms with E-state index in [-0.39, 0.29) is 47.5 Å². The summed E-state index contributed by atoms with van der Waals surface area (Å²) in [5, 5.41) is 0.943. The second-order valence-electron chi connectivity index (χ2n) is 11.7. The van der Waals surface area contributed by atoms with Gasteiger partial charge in [-0.15, -0.1) is 0 Å². The van der Waals surface area contributed by atoms with E-state index in [4.69, 9.17) is 0 Å². The molecule has 0 saturated heterocycles. The molecule has 0 aromatic heterocycles. The highest BCUT2D eigenvalue weighted by Crippen LogP contribution is 2.43. The summed E-state index contributed by atoms with van der Waals surface area (Å²) in [5.74, 6) is 0.0895. The zero-order chi connectivity index (χ0) is 25.5. The first-order chi connectivity index (χ1) is 17.2. The largest absolute Gasteiger partial charge is 0.271 e. The highest BCUT2D eigenvalue weighted by Gasteiger charge is 2.46. The van der Waals surface area contributed by atoms with E-state index in [1.807, 2.05) is 0 Å². The van der Waals surface area contributed by atoms with Crippen molar-refractivity contribution in [2.45, 2.75) is 78.3 Å². The smallest absolute Gasteiger partial charge is 0.261 e. The van der Waals surface area contributed by atoms with Crippen LogP contribution in [-0.4, -0.2) is 45.5 Å². The fraction of sp³-hybridized carbons (Fsp3) is 0.533. The average Bonchev–Trinajstić information content (AvgIpc) is 2.86. The zero-order valence-electron chi connectivity index (χ0n) is 21.5. The zero-order valence-corrected chi connectivity index (χ0v) is 21.5. The molecule has 0 radical (unpaired) electrons. The minimum absolute atomic E-state index is 0.141. The van der Waals surface area contributed by atoms with Gasteiger partial charge in [-0.25, -0.2) is 0 Å². The maximum absolute atomic E-state index is 13.8. The van der Waals surface area contributed by atoms with Crippen molar-refractivity contribution in [1.82, 2.24) is 9.80 Å². The standard InChI is InChI=1S/C30H34N2O4/c1-15-7-5-9-23(17(15)3)31-27(33)19-11-13-21-26-22(14-12-20(25(19)26)28(31)34)30(36)32(29(21)35)24-10-6-8-16(2)18(24)4/h11-18,23-24H,5-10H2,1-4H3/t15-,16-,17-,18+,23+,24+/m0/s1. The van der Waals surface area contributed by atoms with Gasteiger partial charge in [0.1, 0.15) is 0 Å². The number of hydrogen-bond donors (Lipinski definition) is 0. The topological polar surface area (TPSA) is 74.8 Å².